The van der Waals surface area contributed by atoms with E-state index in [1.165, 1.54) is 0 Å². The van der Waals surface area contributed by atoms with Gasteiger partial charge in [0.05, 0.1) is 12.1 Å². The number of amides is 1. The van der Waals surface area contributed by atoms with Gasteiger partial charge in [-0.2, -0.15) is 5.10 Å². The predicted octanol–water partition coefficient (Wildman–Crippen LogP) is 2.03. The predicted molar refractivity (Wildman–Crippen MR) is 86.2 cm³/mol. The number of H-pyrrole nitrogens is 1. The maximum Gasteiger partial charge on any atom is 0.227 e. The van der Waals surface area contributed by atoms with Crippen LogP contribution in [0.5, 0.6) is 5.75 Å². The number of ether oxygens (including phenoxy) is 1. The van der Waals surface area contributed by atoms with Crippen LogP contribution in [-0.2, 0) is 11.2 Å². The first-order valence-electron chi connectivity index (χ1n) is 7.98. The zero-order chi connectivity index (χ0) is 16.2. The van der Waals surface area contributed by atoms with Crippen molar-refractivity contribution < 1.29 is 9.53 Å². The third-order valence-electron chi connectivity index (χ3n) is 4.36. The lowest BCUT2D eigenvalue weighted by Gasteiger charge is -2.32. The first kappa shape index (κ1) is 15.5. The van der Waals surface area contributed by atoms with Crippen molar-refractivity contribution in [1.29, 1.82) is 0 Å². The molecule has 2 aromatic rings. The summed E-state index contributed by atoms with van der Waals surface area (Å²) in [4.78, 5) is 18.4. The molecule has 122 valence electrons. The molecule has 0 aromatic carbocycles. The van der Waals surface area contributed by atoms with Crippen molar-refractivity contribution in [3.63, 3.8) is 0 Å². The molecule has 0 radical (unpaired) electrons. The summed E-state index contributed by atoms with van der Waals surface area (Å²) in [5.41, 5.74) is 2.91. The summed E-state index contributed by atoms with van der Waals surface area (Å²) in [7, 11) is 0. The van der Waals surface area contributed by atoms with Crippen LogP contribution in [0.1, 0.15) is 29.8 Å². The second-order valence-electron chi connectivity index (χ2n) is 5.97. The summed E-state index contributed by atoms with van der Waals surface area (Å²) in [5.74, 6) is 1.01. The molecule has 3 rings (SSSR count). The first-order valence-corrected chi connectivity index (χ1v) is 7.98. The first-order chi connectivity index (χ1) is 11.1. The van der Waals surface area contributed by atoms with Gasteiger partial charge in [0, 0.05) is 49.6 Å². The Kier molecular flexibility index (Phi) is 4.60. The van der Waals surface area contributed by atoms with Gasteiger partial charge in [-0.05, 0) is 26.0 Å². The molecule has 0 saturated carbocycles. The second-order valence-corrected chi connectivity index (χ2v) is 5.97. The van der Waals surface area contributed by atoms with Gasteiger partial charge >= 0.3 is 0 Å². The molecule has 1 saturated heterocycles. The molecule has 0 bridgehead atoms. The van der Waals surface area contributed by atoms with E-state index in [-0.39, 0.29) is 12.0 Å². The largest absolute Gasteiger partial charge is 0.490 e. The minimum Gasteiger partial charge on any atom is -0.490 e. The van der Waals surface area contributed by atoms with E-state index < -0.39 is 0 Å². The minimum atomic E-state index is 0.166. The van der Waals surface area contributed by atoms with Crippen molar-refractivity contribution in [3.8, 4) is 5.75 Å². The maximum absolute atomic E-state index is 12.5. The highest BCUT2D eigenvalue weighted by Gasteiger charge is 2.25. The number of piperidine rings is 1. The van der Waals surface area contributed by atoms with Gasteiger partial charge < -0.3 is 9.64 Å². The number of aromatic amines is 1. The van der Waals surface area contributed by atoms with Gasteiger partial charge in [-0.3, -0.25) is 14.9 Å². The van der Waals surface area contributed by atoms with Gasteiger partial charge in [0.1, 0.15) is 11.9 Å². The highest BCUT2D eigenvalue weighted by molar-refractivity contribution is 5.79. The SMILES string of the molecule is Cc1n[nH]c(C)c1CC(=O)N1CCC(Oc2ccncc2)CC1. The number of rotatable bonds is 4. The zero-order valence-electron chi connectivity index (χ0n) is 13.6. The Morgan fingerprint density at radius 3 is 2.61 bits per heavy atom. The molecular formula is C17H22N4O2. The fraction of sp³-hybridized carbons (Fsp3) is 0.471. The third-order valence-corrected chi connectivity index (χ3v) is 4.36. The number of hydrogen-bond acceptors (Lipinski definition) is 4. The lowest BCUT2D eigenvalue weighted by molar-refractivity contribution is -0.132. The zero-order valence-corrected chi connectivity index (χ0v) is 13.6. The molecule has 1 aliphatic heterocycles. The van der Waals surface area contributed by atoms with Crippen molar-refractivity contribution in [2.75, 3.05) is 13.1 Å². The third kappa shape index (κ3) is 3.70. The maximum atomic E-state index is 12.5. The highest BCUT2D eigenvalue weighted by Crippen LogP contribution is 2.19. The summed E-state index contributed by atoms with van der Waals surface area (Å²) >= 11 is 0. The standard InChI is InChI=1S/C17H22N4O2/c1-12-16(13(2)20-19-12)11-17(22)21-9-5-15(6-10-21)23-14-3-7-18-8-4-14/h3-4,7-8,15H,5-6,9-11H2,1-2H3,(H,19,20). The van der Waals surface area contributed by atoms with Crippen LogP contribution in [0.2, 0.25) is 0 Å². The number of aryl methyl sites for hydroxylation is 2. The Hall–Kier alpha value is -2.37. The normalized spacial score (nSPS) is 15.7. The fourth-order valence-corrected chi connectivity index (χ4v) is 2.93. The topological polar surface area (TPSA) is 71.1 Å². The summed E-state index contributed by atoms with van der Waals surface area (Å²) in [5, 5.41) is 7.09. The number of pyridine rings is 1. The van der Waals surface area contributed by atoms with Gasteiger partial charge in [-0.15, -0.1) is 0 Å². The lowest BCUT2D eigenvalue weighted by Crippen LogP contribution is -2.42. The smallest absolute Gasteiger partial charge is 0.227 e. The molecule has 0 spiro atoms. The van der Waals surface area contributed by atoms with Crippen molar-refractivity contribution in [2.24, 2.45) is 0 Å². The van der Waals surface area contributed by atoms with E-state index in [0.29, 0.717) is 6.42 Å². The van der Waals surface area contributed by atoms with Gasteiger partial charge in [-0.1, -0.05) is 0 Å². The van der Waals surface area contributed by atoms with E-state index in [4.69, 9.17) is 4.74 Å². The van der Waals surface area contributed by atoms with Crippen molar-refractivity contribution in [2.45, 2.75) is 39.2 Å². The molecule has 0 atom stereocenters. The number of carbonyl (C=O) groups is 1. The van der Waals surface area contributed by atoms with Gasteiger partial charge in [0.2, 0.25) is 5.91 Å². The molecule has 0 unspecified atom stereocenters. The molecule has 6 heteroatoms. The van der Waals surface area contributed by atoms with Crippen LogP contribution in [0.4, 0.5) is 0 Å². The van der Waals surface area contributed by atoms with Crippen LogP contribution in [0.3, 0.4) is 0 Å². The van der Waals surface area contributed by atoms with Gasteiger partial charge in [0.15, 0.2) is 0 Å². The quantitative estimate of drug-likeness (QED) is 0.937. The molecule has 0 aliphatic carbocycles. The Morgan fingerprint density at radius 2 is 2.00 bits per heavy atom. The number of aromatic nitrogens is 3. The van der Waals surface area contributed by atoms with Crippen LogP contribution in [0, 0.1) is 13.8 Å². The van der Waals surface area contributed by atoms with E-state index in [2.05, 4.69) is 15.2 Å². The van der Waals surface area contributed by atoms with Crippen LogP contribution in [-0.4, -0.2) is 45.2 Å². The van der Waals surface area contributed by atoms with Crippen LogP contribution < -0.4 is 4.74 Å². The van der Waals surface area contributed by atoms with Gasteiger partial charge in [0.25, 0.3) is 0 Å². The molecule has 1 amide bonds. The fourth-order valence-electron chi connectivity index (χ4n) is 2.93. The molecule has 2 aromatic heterocycles. The number of likely N-dealkylation sites (tertiary alicyclic amines) is 1. The van der Waals surface area contributed by atoms with Crippen LogP contribution in [0.15, 0.2) is 24.5 Å². The molecule has 6 nitrogen and oxygen atoms in total. The number of nitrogens with one attached hydrogen (secondary N) is 1. The monoisotopic (exact) mass is 314 g/mol. The molecular weight excluding hydrogens is 292 g/mol. The van der Waals surface area contributed by atoms with E-state index in [1.807, 2.05) is 30.9 Å². The summed E-state index contributed by atoms with van der Waals surface area (Å²) < 4.78 is 5.93. The average Bonchev–Trinajstić information content (AvgIpc) is 2.88. The molecule has 3 heterocycles. The average molecular weight is 314 g/mol. The van der Waals surface area contributed by atoms with E-state index >= 15 is 0 Å². The van der Waals surface area contributed by atoms with Crippen LogP contribution in [0.25, 0.3) is 0 Å². The van der Waals surface area contributed by atoms with Crippen LogP contribution >= 0.6 is 0 Å². The highest BCUT2D eigenvalue weighted by atomic mass is 16.5. The van der Waals surface area contributed by atoms with E-state index in [1.54, 1.807) is 12.4 Å². The van der Waals surface area contributed by atoms with E-state index in [0.717, 1.165) is 48.6 Å². The minimum absolute atomic E-state index is 0.166. The Balaban J connectivity index is 1.51. The molecule has 1 fully saturated rings. The van der Waals surface area contributed by atoms with Crippen molar-refractivity contribution >= 4 is 5.91 Å². The molecule has 1 N–H and O–H groups in total. The number of nitrogens with zero attached hydrogens (tertiary/aromatic N) is 3. The summed E-state index contributed by atoms with van der Waals surface area (Å²) in [6.45, 7) is 5.37. The Bertz CT molecular complexity index is 641. The molecule has 1 aliphatic rings. The number of carbonyl (C=O) groups excluding carboxylic acids is 1. The number of hydrogen-bond donors (Lipinski definition) is 1. The van der Waals surface area contributed by atoms with Crippen molar-refractivity contribution in [1.82, 2.24) is 20.1 Å². The van der Waals surface area contributed by atoms with Gasteiger partial charge in [-0.25, -0.2) is 0 Å². The van der Waals surface area contributed by atoms with Crippen molar-refractivity contribution in [3.05, 3.63) is 41.5 Å². The lowest BCUT2D eigenvalue weighted by atomic mass is 10.1. The molecule has 23 heavy (non-hydrogen) atoms. The summed E-state index contributed by atoms with van der Waals surface area (Å²) in [6.07, 6.45) is 5.75. The summed E-state index contributed by atoms with van der Waals surface area (Å²) in [6, 6.07) is 3.73. The Morgan fingerprint density at radius 1 is 1.30 bits per heavy atom. The van der Waals surface area contributed by atoms with E-state index in [9.17, 15) is 4.79 Å². The Labute approximate surface area is 135 Å². The second kappa shape index (κ2) is 6.81.